The van der Waals surface area contributed by atoms with Crippen LogP contribution in [0.3, 0.4) is 0 Å². The van der Waals surface area contributed by atoms with Gasteiger partial charge in [-0.1, -0.05) is 41.9 Å². The fourth-order valence-corrected chi connectivity index (χ4v) is 3.01. The minimum absolute atomic E-state index is 0.0544. The molecule has 0 aliphatic carbocycles. The third-order valence-electron chi connectivity index (χ3n) is 4.32. The number of carbonyl (C=O) groups excluding carboxylic acids is 2. The number of carbonyl (C=O) groups is 2. The summed E-state index contributed by atoms with van der Waals surface area (Å²) in [6.45, 7) is 0.163. The van der Waals surface area contributed by atoms with Crippen LogP contribution in [0.5, 0.6) is 0 Å². The number of aryl methyl sites for hydroxylation is 1. The van der Waals surface area contributed by atoms with Crippen LogP contribution in [0.4, 0.5) is 0 Å². The number of hydrogen-bond acceptors (Lipinski definition) is 3. The second-order valence-corrected chi connectivity index (χ2v) is 6.68. The molecule has 0 aliphatic heterocycles. The standard InChI is InChI=1S/C20H20ClN3O3/c1-24-12-16(15-4-2-3-5-17(15)24)18(25)11-23-20(27)19(26)22-10-13-6-8-14(21)9-7-13/h2-9,12,18,25H,10-11H2,1H3,(H,22,26)(H,23,27). The summed E-state index contributed by atoms with van der Waals surface area (Å²) in [5.74, 6) is -1.54. The molecule has 0 saturated carbocycles. The quantitative estimate of drug-likeness (QED) is 0.589. The zero-order chi connectivity index (χ0) is 19.4. The van der Waals surface area contributed by atoms with Gasteiger partial charge in [0.15, 0.2) is 0 Å². The third kappa shape index (κ3) is 4.48. The minimum atomic E-state index is -0.913. The number of aliphatic hydroxyl groups excluding tert-OH is 1. The zero-order valence-corrected chi connectivity index (χ0v) is 15.5. The molecule has 0 aliphatic rings. The fraction of sp³-hybridized carbons (Fsp3) is 0.200. The van der Waals surface area contributed by atoms with Gasteiger partial charge in [-0.2, -0.15) is 0 Å². The molecule has 0 saturated heterocycles. The van der Waals surface area contributed by atoms with Gasteiger partial charge < -0.3 is 20.3 Å². The molecular weight excluding hydrogens is 366 g/mol. The predicted molar refractivity (Wildman–Crippen MR) is 104 cm³/mol. The van der Waals surface area contributed by atoms with Crippen molar-refractivity contribution in [1.82, 2.24) is 15.2 Å². The first-order chi connectivity index (χ1) is 13.0. The molecule has 3 aromatic rings. The fourth-order valence-electron chi connectivity index (χ4n) is 2.88. The van der Waals surface area contributed by atoms with Crippen LogP contribution in [0.25, 0.3) is 10.9 Å². The van der Waals surface area contributed by atoms with E-state index in [2.05, 4.69) is 10.6 Å². The first kappa shape index (κ1) is 18.9. The van der Waals surface area contributed by atoms with Crippen LogP contribution >= 0.6 is 11.6 Å². The van der Waals surface area contributed by atoms with E-state index in [0.717, 1.165) is 16.5 Å². The number of para-hydroxylation sites is 1. The summed E-state index contributed by atoms with van der Waals surface area (Å²) >= 11 is 5.81. The molecule has 1 heterocycles. The molecule has 0 fully saturated rings. The molecule has 0 bridgehead atoms. The SMILES string of the molecule is Cn1cc(C(O)CNC(=O)C(=O)NCc2ccc(Cl)cc2)c2ccccc21. The molecule has 0 radical (unpaired) electrons. The topological polar surface area (TPSA) is 83.4 Å². The highest BCUT2D eigenvalue weighted by Crippen LogP contribution is 2.25. The number of rotatable bonds is 5. The first-order valence-corrected chi connectivity index (χ1v) is 8.86. The smallest absolute Gasteiger partial charge is 0.309 e. The third-order valence-corrected chi connectivity index (χ3v) is 4.57. The van der Waals surface area contributed by atoms with Gasteiger partial charge >= 0.3 is 11.8 Å². The summed E-state index contributed by atoms with van der Waals surface area (Å²) in [6, 6.07) is 14.6. The Balaban J connectivity index is 1.54. The van der Waals surface area contributed by atoms with Crippen LogP contribution in [0.1, 0.15) is 17.2 Å². The molecular formula is C20H20ClN3O3. The van der Waals surface area contributed by atoms with E-state index < -0.39 is 17.9 Å². The normalized spacial score (nSPS) is 12.0. The summed E-state index contributed by atoms with van der Waals surface area (Å²) in [6.07, 6.45) is 0.909. The van der Waals surface area contributed by atoms with Crippen molar-refractivity contribution < 1.29 is 14.7 Å². The Hall–Kier alpha value is -2.83. The Morgan fingerprint density at radius 2 is 1.74 bits per heavy atom. The van der Waals surface area contributed by atoms with E-state index in [9.17, 15) is 14.7 Å². The van der Waals surface area contributed by atoms with E-state index in [0.29, 0.717) is 10.6 Å². The number of aromatic nitrogens is 1. The Labute approximate surface area is 161 Å². The maximum absolute atomic E-state index is 12.0. The Morgan fingerprint density at radius 1 is 1.07 bits per heavy atom. The molecule has 1 aromatic heterocycles. The minimum Gasteiger partial charge on any atom is -0.386 e. The van der Waals surface area contributed by atoms with Crippen molar-refractivity contribution in [3.8, 4) is 0 Å². The van der Waals surface area contributed by atoms with Gasteiger partial charge in [-0.05, 0) is 23.8 Å². The first-order valence-electron chi connectivity index (χ1n) is 8.48. The van der Waals surface area contributed by atoms with E-state index in [1.54, 1.807) is 24.3 Å². The van der Waals surface area contributed by atoms with Gasteiger partial charge in [0.05, 0.1) is 6.10 Å². The van der Waals surface area contributed by atoms with Gasteiger partial charge in [-0.25, -0.2) is 0 Å². The molecule has 0 spiro atoms. The number of hydrogen-bond donors (Lipinski definition) is 3. The lowest BCUT2D eigenvalue weighted by atomic mass is 10.1. The molecule has 6 nitrogen and oxygen atoms in total. The molecule has 3 rings (SSSR count). The molecule has 3 N–H and O–H groups in total. The summed E-state index contributed by atoms with van der Waals surface area (Å²) < 4.78 is 1.91. The number of benzene rings is 2. The van der Waals surface area contributed by atoms with Gasteiger partial charge in [-0.3, -0.25) is 9.59 Å². The summed E-state index contributed by atoms with van der Waals surface area (Å²) in [4.78, 5) is 23.9. The lowest BCUT2D eigenvalue weighted by Crippen LogP contribution is -2.41. The highest BCUT2D eigenvalue weighted by molar-refractivity contribution is 6.35. The Kier molecular flexibility index (Phi) is 5.78. The van der Waals surface area contributed by atoms with Crippen molar-refractivity contribution >= 4 is 34.3 Å². The number of fused-ring (bicyclic) bond motifs is 1. The van der Waals surface area contributed by atoms with Crippen molar-refractivity contribution in [2.75, 3.05) is 6.54 Å². The van der Waals surface area contributed by atoms with Crippen LogP contribution in [-0.2, 0) is 23.2 Å². The monoisotopic (exact) mass is 385 g/mol. The molecule has 140 valence electrons. The molecule has 2 aromatic carbocycles. The predicted octanol–water partition coefficient (Wildman–Crippen LogP) is 2.30. The Morgan fingerprint density at radius 3 is 2.48 bits per heavy atom. The number of amides is 2. The number of nitrogens with zero attached hydrogens (tertiary/aromatic N) is 1. The highest BCUT2D eigenvalue weighted by Gasteiger charge is 2.18. The van der Waals surface area contributed by atoms with Gasteiger partial charge in [0.2, 0.25) is 0 Å². The maximum atomic E-state index is 12.0. The molecule has 2 amide bonds. The van der Waals surface area contributed by atoms with Crippen LogP contribution < -0.4 is 10.6 Å². The van der Waals surface area contributed by atoms with Crippen molar-refractivity contribution in [2.45, 2.75) is 12.6 Å². The van der Waals surface area contributed by atoms with Crippen molar-refractivity contribution in [3.05, 3.63) is 70.9 Å². The summed E-state index contributed by atoms with van der Waals surface area (Å²) in [5.41, 5.74) is 2.52. The van der Waals surface area contributed by atoms with E-state index in [1.807, 2.05) is 42.1 Å². The van der Waals surface area contributed by atoms with Gasteiger partial charge in [-0.15, -0.1) is 0 Å². The highest BCUT2D eigenvalue weighted by atomic mass is 35.5. The van der Waals surface area contributed by atoms with Crippen LogP contribution in [-0.4, -0.2) is 28.0 Å². The number of aliphatic hydroxyl groups is 1. The molecule has 27 heavy (non-hydrogen) atoms. The lowest BCUT2D eigenvalue weighted by molar-refractivity contribution is -0.139. The molecule has 1 unspecified atom stereocenters. The number of nitrogens with one attached hydrogen (secondary N) is 2. The van der Waals surface area contributed by atoms with Crippen molar-refractivity contribution in [1.29, 1.82) is 0 Å². The van der Waals surface area contributed by atoms with Crippen LogP contribution in [0.2, 0.25) is 5.02 Å². The molecule has 1 atom stereocenters. The second kappa shape index (κ2) is 8.24. The average Bonchev–Trinajstić information content (AvgIpc) is 3.02. The second-order valence-electron chi connectivity index (χ2n) is 6.25. The summed E-state index contributed by atoms with van der Waals surface area (Å²) in [5, 5.41) is 16.9. The van der Waals surface area contributed by atoms with E-state index in [-0.39, 0.29) is 13.1 Å². The van der Waals surface area contributed by atoms with Crippen LogP contribution in [0.15, 0.2) is 54.7 Å². The van der Waals surface area contributed by atoms with E-state index >= 15 is 0 Å². The largest absolute Gasteiger partial charge is 0.386 e. The zero-order valence-electron chi connectivity index (χ0n) is 14.8. The Bertz CT molecular complexity index is 966. The van der Waals surface area contributed by atoms with E-state index in [4.69, 9.17) is 11.6 Å². The van der Waals surface area contributed by atoms with Crippen molar-refractivity contribution in [3.63, 3.8) is 0 Å². The average molecular weight is 386 g/mol. The number of halogens is 1. The summed E-state index contributed by atoms with van der Waals surface area (Å²) in [7, 11) is 1.89. The van der Waals surface area contributed by atoms with Gasteiger partial charge in [0, 0.05) is 47.8 Å². The van der Waals surface area contributed by atoms with Crippen molar-refractivity contribution in [2.24, 2.45) is 7.05 Å². The lowest BCUT2D eigenvalue weighted by Gasteiger charge is -2.11. The van der Waals surface area contributed by atoms with Gasteiger partial charge in [0.25, 0.3) is 0 Å². The molecule has 7 heteroatoms. The van der Waals surface area contributed by atoms with Gasteiger partial charge in [0.1, 0.15) is 0 Å². The van der Waals surface area contributed by atoms with Crippen LogP contribution in [0, 0.1) is 0 Å². The van der Waals surface area contributed by atoms with E-state index in [1.165, 1.54) is 0 Å². The maximum Gasteiger partial charge on any atom is 0.309 e.